The maximum absolute atomic E-state index is 14.4. The summed E-state index contributed by atoms with van der Waals surface area (Å²) in [5, 5.41) is 10.9. The van der Waals surface area contributed by atoms with E-state index < -0.39 is 18.1 Å². The number of aromatic amines is 1. The zero-order chi connectivity index (χ0) is 31.4. The first kappa shape index (κ1) is 31.6. The van der Waals surface area contributed by atoms with Gasteiger partial charge in [-0.1, -0.05) is 39.0 Å². The largest absolute Gasteiger partial charge is 0.361 e. The summed E-state index contributed by atoms with van der Waals surface area (Å²) < 4.78 is 0. The predicted molar refractivity (Wildman–Crippen MR) is 171 cm³/mol. The number of rotatable bonds is 6. The minimum absolute atomic E-state index is 0.0933. The molecule has 5 atom stereocenters. The number of pyridine rings is 1. The van der Waals surface area contributed by atoms with Crippen molar-refractivity contribution in [2.24, 2.45) is 11.8 Å². The van der Waals surface area contributed by atoms with E-state index in [2.05, 4.69) is 39.8 Å². The number of nitrogens with one attached hydrogen (secondary N) is 4. The van der Waals surface area contributed by atoms with Gasteiger partial charge in [0.05, 0.1) is 5.56 Å². The zero-order valence-corrected chi connectivity index (χ0v) is 26.6. The van der Waals surface area contributed by atoms with Gasteiger partial charge in [0.2, 0.25) is 17.7 Å². The molecule has 0 unspecified atom stereocenters. The highest BCUT2D eigenvalue weighted by Crippen LogP contribution is 2.26. The molecule has 234 valence electrons. The van der Waals surface area contributed by atoms with Crippen molar-refractivity contribution in [1.82, 2.24) is 30.8 Å². The van der Waals surface area contributed by atoms with Crippen molar-refractivity contribution < 1.29 is 19.2 Å². The third-order valence-corrected chi connectivity index (χ3v) is 9.51. The van der Waals surface area contributed by atoms with Crippen molar-refractivity contribution >= 4 is 46.3 Å². The van der Waals surface area contributed by atoms with Crippen LogP contribution in [0.3, 0.4) is 0 Å². The van der Waals surface area contributed by atoms with Crippen LogP contribution in [0.25, 0.3) is 10.9 Å². The van der Waals surface area contributed by atoms with Gasteiger partial charge in [-0.3, -0.25) is 19.2 Å². The summed E-state index contributed by atoms with van der Waals surface area (Å²) in [6.45, 7) is 6.32. The number of para-hydroxylation sites is 1. The van der Waals surface area contributed by atoms with Crippen LogP contribution in [0.2, 0.25) is 0 Å². The van der Waals surface area contributed by atoms with Crippen LogP contribution >= 0.6 is 11.8 Å². The standard InChI is InChI=1S/C33H42N6O4S/c1-19(2)25-12-11-20(3)14-29(40)37-27(15-21-17-35-26-10-6-5-8-23(21)26)33(43)39-18-22(16-28(39)31(42)38-25)36-30(41)24-9-7-13-34-32(24)44-4/h5-10,13,17,19-20,22,25,27-28,35H,11-12,14-16,18H2,1-4H3,(H,36,41)(H,37,40)(H,38,42)/t20-,22-,25+,27-,28+/m1/s1. The number of aromatic nitrogens is 2. The highest BCUT2D eigenvalue weighted by atomic mass is 32.2. The van der Waals surface area contributed by atoms with Gasteiger partial charge in [-0.2, -0.15) is 0 Å². The van der Waals surface area contributed by atoms with Crippen molar-refractivity contribution in [3.05, 3.63) is 59.9 Å². The molecular formula is C33H42N6O4S. The van der Waals surface area contributed by atoms with Crippen LogP contribution in [0.15, 0.2) is 53.8 Å². The van der Waals surface area contributed by atoms with Gasteiger partial charge in [0.25, 0.3) is 5.91 Å². The molecule has 4 heterocycles. The fourth-order valence-corrected chi connectivity index (χ4v) is 6.88. The molecule has 1 aromatic carbocycles. The Balaban J connectivity index is 1.46. The molecule has 3 aromatic rings. The maximum atomic E-state index is 14.4. The Labute approximate surface area is 262 Å². The smallest absolute Gasteiger partial charge is 0.254 e. The molecule has 2 aromatic heterocycles. The van der Waals surface area contributed by atoms with E-state index in [9.17, 15) is 19.2 Å². The van der Waals surface area contributed by atoms with Crippen molar-refractivity contribution in [3.63, 3.8) is 0 Å². The lowest BCUT2D eigenvalue weighted by atomic mass is 9.92. The van der Waals surface area contributed by atoms with E-state index >= 15 is 0 Å². The normalized spacial score (nSPS) is 25.1. The summed E-state index contributed by atoms with van der Waals surface area (Å²) in [4.78, 5) is 64.0. The van der Waals surface area contributed by atoms with E-state index in [4.69, 9.17) is 0 Å². The molecule has 10 nitrogen and oxygen atoms in total. The predicted octanol–water partition coefficient (Wildman–Crippen LogP) is 3.67. The molecule has 2 aliphatic heterocycles. The van der Waals surface area contributed by atoms with E-state index in [-0.39, 0.29) is 60.9 Å². The number of hydrogen-bond donors (Lipinski definition) is 4. The van der Waals surface area contributed by atoms with Gasteiger partial charge in [0, 0.05) is 54.8 Å². The summed E-state index contributed by atoms with van der Waals surface area (Å²) in [6, 6.07) is 9.06. The van der Waals surface area contributed by atoms with Crippen LogP contribution in [0.5, 0.6) is 0 Å². The van der Waals surface area contributed by atoms with Crippen molar-refractivity contribution in [2.75, 3.05) is 12.8 Å². The van der Waals surface area contributed by atoms with Crippen LogP contribution in [0, 0.1) is 11.8 Å². The first-order valence-corrected chi connectivity index (χ1v) is 16.6. The zero-order valence-electron chi connectivity index (χ0n) is 25.8. The molecule has 44 heavy (non-hydrogen) atoms. The van der Waals surface area contributed by atoms with Gasteiger partial charge in [-0.05, 0) is 61.1 Å². The van der Waals surface area contributed by atoms with Crippen molar-refractivity contribution in [3.8, 4) is 0 Å². The minimum Gasteiger partial charge on any atom is -0.361 e. The summed E-state index contributed by atoms with van der Waals surface area (Å²) in [5.41, 5.74) is 2.30. The average molecular weight is 619 g/mol. The van der Waals surface area contributed by atoms with E-state index in [0.29, 0.717) is 17.0 Å². The number of thioether (sulfide) groups is 1. The summed E-state index contributed by atoms with van der Waals surface area (Å²) >= 11 is 1.38. The lowest BCUT2D eigenvalue weighted by molar-refractivity contribution is -0.141. The Kier molecular flexibility index (Phi) is 9.93. The SMILES string of the molecule is CSc1ncccc1C(=O)N[C@@H]1C[C@H]2C(=O)N[C@H](C(C)C)CC[C@@H](C)CC(=O)N[C@H](Cc3c[nH]c4ccccc34)C(=O)N2C1. The number of carbonyl (C=O) groups excluding carboxylic acids is 4. The van der Waals surface area contributed by atoms with Crippen molar-refractivity contribution in [2.45, 2.75) is 82.1 Å². The summed E-state index contributed by atoms with van der Waals surface area (Å²) in [5.74, 6) is -0.777. The second-order valence-corrected chi connectivity index (χ2v) is 13.2. The number of benzene rings is 1. The van der Waals surface area contributed by atoms with Crippen LogP contribution < -0.4 is 16.0 Å². The number of hydrogen-bond acceptors (Lipinski definition) is 6. The Bertz CT molecular complexity index is 1520. The molecule has 2 aliphatic rings. The first-order valence-electron chi connectivity index (χ1n) is 15.4. The van der Waals surface area contributed by atoms with Gasteiger partial charge < -0.3 is 25.8 Å². The molecule has 2 fully saturated rings. The number of H-pyrrole nitrogens is 1. The van der Waals surface area contributed by atoms with E-state index in [0.717, 1.165) is 29.3 Å². The van der Waals surface area contributed by atoms with Crippen LogP contribution in [0.1, 0.15) is 62.4 Å². The van der Waals surface area contributed by atoms with Crippen LogP contribution in [0.4, 0.5) is 0 Å². The third-order valence-electron chi connectivity index (χ3n) is 8.80. The Morgan fingerprint density at radius 3 is 2.68 bits per heavy atom. The molecule has 5 rings (SSSR count). The summed E-state index contributed by atoms with van der Waals surface area (Å²) in [6.07, 6.45) is 7.71. The Hall–Kier alpha value is -3.86. The van der Waals surface area contributed by atoms with Crippen molar-refractivity contribution in [1.29, 1.82) is 0 Å². The second kappa shape index (κ2) is 13.8. The van der Waals surface area contributed by atoms with E-state index in [1.165, 1.54) is 11.8 Å². The summed E-state index contributed by atoms with van der Waals surface area (Å²) in [7, 11) is 0. The van der Waals surface area contributed by atoms with Crippen LogP contribution in [-0.4, -0.2) is 75.5 Å². The molecule has 4 amide bonds. The van der Waals surface area contributed by atoms with E-state index in [1.54, 1.807) is 23.2 Å². The second-order valence-electron chi connectivity index (χ2n) is 12.4. The quantitative estimate of drug-likeness (QED) is 0.311. The molecule has 4 N–H and O–H groups in total. The first-order chi connectivity index (χ1) is 21.1. The average Bonchev–Trinajstić information content (AvgIpc) is 3.62. The monoisotopic (exact) mass is 618 g/mol. The molecule has 0 spiro atoms. The fraction of sp³-hybridized carbons (Fsp3) is 0.485. The number of carbonyl (C=O) groups is 4. The number of nitrogens with zero attached hydrogens (tertiary/aromatic N) is 2. The molecule has 2 saturated heterocycles. The highest BCUT2D eigenvalue weighted by molar-refractivity contribution is 7.98. The van der Waals surface area contributed by atoms with E-state index in [1.807, 2.05) is 43.6 Å². The molecule has 0 saturated carbocycles. The molecule has 0 radical (unpaired) electrons. The minimum atomic E-state index is -0.873. The van der Waals surface area contributed by atoms with Gasteiger partial charge in [0.1, 0.15) is 17.1 Å². The lowest BCUT2D eigenvalue weighted by Crippen LogP contribution is -2.55. The Morgan fingerprint density at radius 2 is 1.91 bits per heavy atom. The third kappa shape index (κ3) is 7.09. The van der Waals surface area contributed by atoms with Crippen LogP contribution in [-0.2, 0) is 20.8 Å². The maximum Gasteiger partial charge on any atom is 0.254 e. The topological polar surface area (TPSA) is 136 Å². The fourth-order valence-electron chi connectivity index (χ4n) is 6.33. The Morgan fingerprint density at radius 1 is 1.11 bits per heavy atom. The lowest BCUT2D eigenvalue weighted by Gasteiger charge is -2.30. The number of fused-ring (bicyclic) bond motifs is 2. The molecular weight excluding hydrogens is 576 g/mol. The highest BCUT2D eigenvalue weighted by Gasteiger charge is 2.43. The van der Waals surface area contributed by atoms with Gasteiger partial charge >= 0.3 is 0 Å². The van der Waals surface area contributed by atoms with Gasteiger partial charge in [-0.25, -0.2) is 4.98 Å². The number of amides is 4. The molecule has 0 aliphatic carbocycles. The van der Waals surface area contributed by atoms with Gasteiger partial charge in [0.15, 0.2) is 0 Å². The van der Waals surface area contributed by atoms with Gasteiger partial charge in [-0.15, -0.1) is 11.8 Å². The molecule has 0 bridgehead atoms. The molecule has 11 heteroatoms.